The van der Waals surface area contributed by atoms with Crippen LogP contribution in [-0.4, -0.2) is 37.7 Å². The van der Waals surface area contributed by atoms with E-state index in [2.05, 4.69) is 5.32 Å². The summed E-state index contributed by atoms with van der Waals surface area (Å²) in [5.41, 5.74) is 0.926. The van der Waals surface area contributed by atoms with Crippen LogP contribution in [0.25, 0.3) is 0 Å². The molecule has 1 N–H and O–H groups in total. The van der Waals surface area contributed by atoms with Crippen molar-refractivity contribution < 1.29 is 17.6 Å². The highest BCUT2D eigenvalue weighted by Crippen LogP contribution is 2.21. The Morgan fingerprint density at radius 2 is 1.96 bits per heavy atom. The van der Waals surface area contributed by atoms with E-state index in [9.17, 15) is 13.2 Å². The zero-order valence-electron chi connectivity index (χ0n) is 12.8. The Bertz CT molecular complexity index is 797. The number of amides is 2. The van der Waals surface area contributed by atoms with Gasteiger partial charge >= 0.3 is 6.03 Å². The number of nitrogens with zero attached hydrogens (tertiary/aromatic N) is 1. The lowest BCUT2D eigenvalue weighted by Crippen LogP contribution is -2.59. The zero-order chi connectivity index (χ0) is 17.2. The highest BCUT2D eigenvalue weighted by Gasteiger charge is 2.39. The number of carbonyl (C=O) groups excluding carboxylic acids is 1. The van der Waals surface area contributed by atoms with Crippen LogP contribution in [0.15, 0.2) is 47.1 Å². The lowest BCUT2D eigenvalue weighted by molar-refractivity contribution is 0.168. The van der Waals surface area contributed by atoms with E-state index in [4.69, 9.17) is 16.0 Å². The van der Waals surface area contributed by atoms with Crippen molar-refractivity contribution in [1.29, 1.82) is 0 Å². The fraction of sp³-hybridized carbons (Fsp3) is 0.312. The maximum Gasteiger partial charge on any atom is 0.317 e. The molecule has 0 saturated carbocycles. The molecule has 2 amide bonds. The summed E-state index contributed by atoms with van der Waals surface area (Å²) < 4.78 is 29.5. The topological polar surface area (TPSA) is 79.6 Å². The SMILES string of the molecule is O=C(NCc1ccc(Cl)cc1)N1CC(S(=O)(=O)Cc2ccco2)C1. The van der Waals surface area contributed by atoms with Gasteiger partial charge in [-0.25, -0.2) is 13.2 Å². The quantitative estimate of drug-likeness (QED) is 0.879. The number of rotatable bonds is 5. The second-order valence-corrected chi connectivity index (χ2v) is 8.42. The molecular formula is C16H17ClN2O4S. The van der Waals surface area contributed by atoms with Crippen LogP contribution in [0.2, 0.25) is 5.02 Å². The van der Waals surface area contributed by atoms with E-state index < -0.39 is 15.1 Å². The van der Waals surface area contributed by atoms with Crippen molar-refractivity contribution in [2.75, 3.05) is 13.1 Å². The number of urea groups is 1. The second-order valence-electron chi connectivity index (χ2n) is 5.70. The molecule has 1 aliphatic rings. The van der Waals surface area contributed by atoms with Crippen LogP contribution in [0.5, 0.6) is 0 Å². The van der Waals surface area contributed by atoms with Crippen LogP contribution >= 0.6 is 11.6 Å². The Morgan fingerprint density at radius 3 is 2.58 bits per heavy atom. The first-order chi connectivity index (χ1) is 11.4. The molecule has 128 valence electrons. The van der Waals surface area contributed by atoms with Gasteiger partial charge in [-0.05, 0) is 29.8 Å². The normalized spacial score (nSPS) is 15.1. The first-order valence-corrected chi connectivity index (χ1v) is 9.54. The maximum absolute atomic E-state index is 12.2. The molecule has 8 heteroatoms. The van der Waals surface area contributed by atoms with Crippen LogP contribution in [0.4, 0.5) is 4.79 Å². The van der Waals surface area contributed by atoms with Gasteiger partial charge in [0.05, 0.1) is 11.5 Å². The Hall–Kier alpha value is -1.99. The molecule has 1 aliphatic heterocycles. The standard InChI is InChI=1S/C16H17ClN2O4S/c17-13-5-3-12(4-6-13)8-18-16(20)19-9-15(10-19)24(21,22)11-14-2-1-7-23-14/h1-7,15H,8-11H2,(H,18,20). The van der Waals surface area contributed by atoms with Crippen molar-refractivity contribution in [3.8, 4) is 0 Å². The molecule has 0 bridgehead atoms. The molecule has 0 unspecified atom stereocenters. The Morgan fingerprint density at radius 1 is 1.25 bits per heavy atom. The molecule has 1 fully saturated rings. The van der Waals surface area contributed by atoms with Crippen molar-refractivity contribution in [2.24, 2.45) is 0 Å². The van der Waals surface area contributed by atoms with Gasteiger partial charge in [0.1, 0.15) is 11.5 Å². The molecule has 1 aromatic heterocycles. The number of nitrogens with one attached hydrogen (secondary N) is 1. The van der Waals surface area contributed by atoms with Crippen molar-refractivity contribution in [2.45, 2.75) is 17.5 Å². The lowest BCUT2D eigenvalue weighted by Gasteiger charge is -2.38. The summed E-state index contributed by atoms with van der Waals surface area (Å²) in [4.78, 5) is 13.5. The number of hydrogen-bond donors (Lipinski definition) is 1. The van der Waals surface area contributed by atoms with E-state index in [1.165, 1.54) is 11.2 Å². The zero-order valence-corrected chi connectivity index (χ0v) is 14.4. The van der Waals surface area contributed by atoms with E-state index in [1.54, 1.807) is 24.3 Å². The Balaban J connectivity index is 1.47. The smallest absolute Gasteiger partial charge is 0.317 e. The first-order valence-electron chi connectivity index (χ1n) is 7.45. The van der Waals surface area contributed by atoms with Crippen LogP contribution in [0.1, 0.15) is 11.3 Å². The molecule has 2 heterocycles. The fourth-order valence-corrected chi connectivity index (χ4v) is 4.17. The average molecular weight is 369 g/mol. The van der Waals surface area contributed by atoms with Gasteiger partial charge < -0.3 is 14.6 Å². The molecule has 3 rings (SSSR count). The van der Waals surface area contributed by atoms with E-state index >= 15 is 0 Å². The first kappa shape index (κ1) is 16.9. The summed E-state index contributed by atoms with van der Waals surface area (Å²) in [6.45, 7) is 0.779. The van der Waals surface area contributed by atoms with Gasteiger partial charge in [0.2, 0.25) is 0 Å². The number of carbonyl (C=O) groups is 1. The molecule has 0 radical (unpaired) electrons. The van der Waals surface area contributed by atoms with Gasteiger partial charge in [-0.15, -0.1) is 0 Å². The number of halogens is 1. The highest BCUT2D eigenvalue weighted by molar-refractivity contribution is 7.91. The van der Waals surface area contributed by atoms with Crippen molar-refractivity contribution in [3.63, 3.8) is 0 Å². The fourth-order valence-electron chi connectivity index (χ4n) is 2.43. The number of likely N-dealkylation sites (tertiary alicyclic amines) is 1. The highest BCUT2D eigenvalue weighted by atomic mass is 35.5. The van der Waals surface area contributed by atoms with Gasteiger partial charge in [-0.2, -0.15) is 0 Å². The number of sulfone groups is 1. The molecule has 24 heavy (non-hydrogen) atoms. The summed E-state index contributed by atoms with van der Waals surface area (Å²) >= 11 is 5.81. The minimum absolute atomic E-state index is 0.134. The molecule has 1 saturated heterocycles. The van der Waals surface area contributed by atoms with Crippen LogP contribution in [0, 0.1) is 0 Å². The van der Waals surface area contributed by atoms with Crippen LogP contribution in [0.3, 0.4) is 0 Å². The van der Waals surface area contributed by atoms with Gasteiger partial charge in [0.25, 0.3) is 0 Å². The van der Waals surface area contributed by atoms with E-state index in [1.807, 2.05) is 12.1 Å². The lowest BCUT2D eigenvalue weighted by atomic mass is 10.2. The molecule has 0 spiro atoms. The van der Waals surface area contributed by atoms with Crippen molar-refractivity contribution in [1.82, 2.24) is 10.2 Å². The molecule has 1 aromatic carbocycles. The third-order valence-corrected chi connectivity index (χ3v) is 6.18. The van der Waals surface area contributed by atoms with E-state index in [0.717, 1.165) is 5.56 Å². The average Bonchev–Trinajstić information content (AvgIpc) is 2.97. The van der Waals surface area contributed by atoms with Gasteiger partial charge in [0, 0.05) is 24.7 Å². The van der Waals surface area contributed by atoms with Crippen molar-refractivity contribution in [3.05, 3.63) is 59.0 Å². The summed E-state index contributed by atoms with van der Waals surface area (Å²) in [6, 6.07) is 10.2. The molecule has 0 aliphatic carbocycles. The van der Waals surface area contributed by atoms with Crippen LogP contribution in [-0.2, 0) is 22.1 Å². The summed E-state index contributed by atoms with van der Waals surface area (Å²) in [5, 5.41) is 2.87. The molecule has 6 nitrogen and oxygen atoms in total. The van der Waals surface area contributed by atoms with Gasteiger partial charge in [0.15, 0.2) is 9.84 Å². The second kappa shape index (κ2) is 6.86. The summed E-state index contributed by atoms with van der Waals surface area (Å²) in [6.07, 6.45) is 1.45. The molecule has 0 atom stereocenters. The monoisotopic (exact) mass is 368 g/mol. The maximum atomic E-state index is 12.2. The predicted octanol–water partition coefficient (Wildman–Crippen LogP) is 2.44. The van der Waals surface area contributed by atoms with Gasteiger partial charge in [-0.3, -0.25) is 0 Å². The molecular weight excluding hydrogens is 352 g/mol. The number of furan rings is 1. The largest absolute Gasteiger partial charge is 0.468 e. The minimum atomic E-state index is -3.31. The predicted molar refractivity (Wildman–Crippen MR) is 90.4 cm³/mol. The van der Waals surface area contributed by atoms with E-state index in [0.29, 0.717) is 17.3 Å². The van der Waals surface area contributed by atoms with Gasteiger partial charge in [-0.1, -0.05) is 23.7 Å². The minimum Gasteiger partial charge on any atom is -0.468 e. The molecule has 2 aromatic rings. The Labute approximate surface area is 145 Å². The number of benzene rings is 1. The number of hydrogen-bond acceptors (Lipinski definition) is 4. The van der Waals surface area contributed by atoms with E-state index in [-0.39, 0.29) is 24.9 Å². The summed E-state index contributed by atoms with van der Waals surface area (Å²) in [5.74, 6) is 0.283. The Kier molecular flexibility index (Phi) is 4.82. The third-order valence-electron chi connectivity index (χ3n) is 3.92. The van der Waals surface area contributed by atoms with Crippen LogP contribution < -0.4 is 5.32 Å². The van der Waals surface area contributed by atoms with Crippen molar-refractivity contribution >= 4 is 27.5 Å². The summed E-state index contributed by atoms with van der Waals surface area (Å²) in [7, 11) is -3.31. The third kappa shape index (κ3) is 3.91.